The van der Waals surface area contributed by atoms with Gasteiger partial charge in [0.15, 0.2) is 11.5 Å². The summed E-state index contributed by atoms with van der Waals surface area (Å²) in [6, 6.07) is 9.84. The van der Waals surface area contributed by atoms with Crippen molar-refractivity contribution in [2.24, 2.45) is 0 Å². The van der Waals surface area contributed by atoms with Crippen molar-refractivity contribution in [3.63, 3.8) is 0 Å². The van der Waals surface area contributed by atoms with Gasteiger partial charge in [-0.25, -0.2) is 13.1 Å². The van der Waals surface area contributed by atoms with Gasteiger partial charge < -0.3 is 9.47 Å². The molecule has 0 radical (unpaired) electrons. The van der Waals surface area contributed by atoms with E-state index in [1.807, 2.05) is 6.07 Å². The number of hydrogen-bond donors (Lipinski definition) is 1. The fourth-order valence-corrected chi connectivity index (χ4v) is 4.54. The van der Waals surface area contributed by atoms with Crippen LogP contribution in [0.2, 0.25) is 0 Å². The molecule has 7 nitrogen and oxygen atoms in total. The van der Waals surface area contributed by atoms with E-state index in [-0.39, 0.29) is 11.7 Å². The molecule has 0 spiro atoms. The Bertz CT molecular complexity index is 1020. The van der Waals surface area contributed by atoms with Crippen molar-refractivity contribution in [1.29, 1.82) is 0 Å². The lowest BCUT2D eigenvalue weighted by Gasteiger charge is -2.15. The molecule has 0 aliphatic carbocycles. The molecule has 1 N–H and O–H groups in total. The van der Waals surface area contributed by atoms with Gasteiger partial charge in [-0.2, -0.15) is 8.75 Å². The average Bonchev–Trinajstić information content (AvgIpc) is 3.21. The van der Waals surface area contributed by atoms with Crippen molar-refractivity contribution in [2.75, 3.05) is 6.79 Å². The van der Waals surface area contributed by atoms with E-state index in [1.165, 1.54) is 6.07 Å². The number of rotatable bonds is 4. The maximum Gasteiger partial charge on any atom is 0.243 e. The van der Waals surface area contributed by atoms with Crippen molar-refractivity contribution in [3.8, 4) is 11.5 Å². The van der Waals surface area contributed by atoms with E-state index in [0.717, 1.165) is 17.3 Å². The van der Waals surface area contributed by atoms with Gasteiger partial charge in [-0.05, 0) is 36.8 Å². The van der Waals surface area contributed by atoms with Crippen molar-refractivity contribution in [3.05, 3.63) is 42.0 Å². The minimum atomic E-state index is -3.74. The molecule has 24 heavy (non-hydrogen) atoms. The number of fused-ring (bicyclic) bond motifs is 2. The summed E-state index contributed by atoms with van der Waals surface area (Å²) in [6.07, 6.45) is 0. The van der Waals surface area contributed by atoms with Gasteiger partial charge in [0.1, 0.15) is 15.9 Å². The van der Waals surface area contributed by atoms with Gasteiger partial charge in [0.25, 0.3) is 0 Å². The largest absolute Gasteiger partial charge is 0.454 e. The number of ether oxygens (including phenoxy) is 2. The summed E-state index contributed by atoms with van der Waals surface area (Å²) in [7, 11) is -3.74. The van der Waals surface area contributed by atoms with Gasteiger partial charge in [0.05, 0.1) is 11.7 Å². The SMILES string of the molecule is C[C@H](NS(=O)(=O)c1cccc2nsnc12)c1ccc2c(c1)OCO2. The lowest BCUT2D eigenvalue weighted by molar-refractivity contribution is 0.174. The van der Waals surface area contributed by atoms with Gasteiger partial charge >= 0.3 is 0 Å². The fraction of sp³-hybridized carbons (Fsp3) is 0.200. The monoisotopic (exact) mass is 363 g/mol. The molecule has 1 aromatic heterocycles. The Morgan fingerprint density at radius 2 is 2.00 bits per heavy atom. The third kappa shape index (κ3) is 2.60. The van der Waals surface area contributed by atoms with Crippen molar-refractivity contribution in [1.82, 2.24) is 13.5 Å². The van der Waals surface area contributed by atoms with Gasteiger partial charge in [0, 0.05) is 6.04 Å². The maximum absolute atomic E-state index is 12.7. The van der Waals surface area contributed by atoms with E-state index >= 15 is 0 Å². The number of nitrogens with one attached hydrogen (secondary N) is 1. The molecule has 1 aliphatic heterocycles. The highest BCUT2D eigenvalue weighted by molar-refractivity contribution is 7.89. The first-order chi connectivity index (χ1) is 11.5. The van der Waals surface area contributed by atoms with Crippen LogP contribution in [0.1, 0.15) is 18.5 Å². The lowest BCUT2D eigenvalue weighted by Crippen LogP contribution is -2.27. The lowest BCUT2D eigenvalue weighted by atomic mass is 10.1. The molecule has 2 heterocycles. The normalized spacial score (nSPS) is 14.9. The van der Waals surface area contributed by atoms with Crippen LogP contribution in [0, 0.1) is 0 Å². The highest BCUT2D eigenvalue weighted by atomic mass is 32.2. The molecule has 4 rings (SSSR count). The summed E-state index contributed by atoms with van der Waals surface area (Å²) in [4.78, 5) is 0.126. The summed E-state index contributed by atoms with van der Waals surface area (Å²) in [6.45, 7) is 1.95. The van der Waals surface area contributed by atoms with Crippen LogP contribution < -0.4 is 14.2 Å². The predicted molar refractivity (Wildman–Crippen MR) is 88.7 cm³/mol. The minimum absolute atomic E-state index is 0.126. The van der Waals surface area contributed by atoms with E-state index in [9.17, 15) is 8.42 Å². The first kappa shape index (κ1) is 15.3. The molecule has 9 heteroatoms. The number of sulfonamides is 1. The van der Waals surface area contributed by atoms with E-state index in [4.69, 9.17) is 9.47 Å². The van der Waals surface area contributed by atoms with Gasteiger partial charge in [-0.15, -0.1) is 0 Å². The van der Waals surface area contributed by atoms with E-state index < -0.39 is 16.1 Å². The molecular weight excluding hydrogens is 350 g/mol. The molecule has 3 aromatic rings. The third-order valence-corrected chi connectivity index (χ3v) is 5.88. The van der Waals surface area contributed by atoms with Crippen LogP contribution in [0.5, 0.6) is 11.5 Å². The minimum Gasteiger partial charge on any atom is -0.454 e. The Kier molecular flexibility index (Phi) is 3.63. The molecule has 0 amide bonds. The zero-order valence-corrected chi connectivity index (χ0v) is 14.2. The summed E-state index contributed by atoms with van der Waals surface area (Å²) >= 11 is 0.989. The highest BCUT2D eigenvalue weighted by Crippen LogP contribution is 2.34. The quantitative estimate of drug-likeness (QED) is 0.766. The Labute approximate surface area is 142 Å². The zero-order valence-electron chi connectivity index (χ0n) is 12.6. The zero-order chi connectivity index (χ0) is 16.7. The molecule has 124 valence electrons. The van der Waals surface area contributed by atoms with Crippen LogP contribution in [-0.2, 0) is 10.0 Å². The molecule has 0 fully saturated rings. The van der Waals surface area contributed by atoms with Gasteiger partial charge in [-0.1, -0.05) is 12.1 Å². The van der Waals surface area contributed by atoms with Crippen LogP contribution in [0.3, 0.4) is 0 Å². The smallest absolute Gasteiger partial charge is 0.243 e. The number of nitrogens with zero attached hydrogens (tertiary/aromatic N) is 2. The predicted octanol–water partition coefficient (Wildman–Crippen LogP) is 2.46. The summed E-state index contributed by atoms with van der Waals surface area (Å²) in [5.41, 5.74) is 1.73. The first-order valence-electron chi connectivity index (χ1n) is 7.18. The molecule has 1 aliphatic rings. The van der Waals surface area contributed by atoms with Crippen LogP contribution in [0.15, 0.2) is 41.3 Å². The Morgan fingerprint density at radius 3 is 2.88 bits per heavy atom. The second-order valence-corrected chi connectivity index (χ2v) is 7.55. The number of aromatic nitrogens is 2. The Morgan fingerprint density at radius 1 is 1.17 bits per heavy atom. The van der Waals surface area contributed by atoms with E-state index in [1.54, 1.807) is 31.2 Å². The van der Waals surface area contributed by atoms with Crippen molar-refractivity contribution >= 4 is 32.8 Å². The number of benzene rings is 2. The van der Waals surface area contributed by atoms with Crippen molar-refractivity contribution in [2.45, 2.75) is 17.9 Å². The summed E-state index contributed by atoms with van der Waals surface area (Å²) in [5, 5.41) is 0. The Hall–Kier alpha value is -2.23. The van der Waals surface area contributed by atoms with E-state index in [2.05, 4.69) is 13.5 Å². The maximum atomic E-state index is 12.7. The second-order valence-electron chi connectivity index (χ2n) is 5.34. The molecule has 0 saturated carbocycles. The van der Waals surface area contributed by atoms with Gasteiger partial charge in [-0.3, -0.25) is 0 Å². The number of hydrogen-bond acceptors (Lipinski definition) is 7. The molecule has 0 unspecified atom stereocenters. The molecule has 2 aromatic carbocycles. The van der Waals surface area contributed by atoms with Crippen LogP contribution in [0.4, 0.5) is 0 Å². The van der Waals surface area contributed by atoms with Crippen LogP contribution in [0.25, 0.3) is 11.0 Å². The first-order valence-corrected chi connectivity index (χ1v) is 9.39. The molecule has 1 atom stereocenters. The van der Waals surface area contributed by atoms with Crippen LogP contribution >= 0.6 is 11.7 Å². The van der Waals surface area contributed by atoms with Crippen molar-refractivity contribution < 1.29 is 17.9 Å². The standard InChI is InChI=1S/C15H13N3O4S2/c1-9(10-5-6-12-13(7-10)22-8-21-12)18-24(19,20)14-4-2-3-11-15(14)17-23-16-11/h2-7,9,18H,8H2,1H3/t9-/m0/s1. The fourth-order valence-electron chi connectivity index (χ4n) is 2.54. The van der Waals surface area contributed by atoms with E-state index in [0.29, 0.717) is 22.5 Å². The molecule has 0 bridgehead atoms. The van der Waals surface area contributed by atoms with Crippen LogP contribution in [-0.4, -0.2) is 24.0 Å². The topological polar surface area (TPSA) is 90.4 Å². The van der Waals surface area contributed by atoms with Gasteiger partial charge in [0.2, 0.25) is 16.8 Å². The highest BCUT2D eigenvalue weighted by Gasteiger charge is 2.23. The second kappa shape index (κ2) is 5.69. The summed E-state index contributed by atoms with van der Waals surface area (Å²) in [5.74, 6) is 1.27. The molecular formula is C15H13N3O4S2. The third-order valence-electron chi connectivity index (χ3n) is 3.77. The molecule has 0 saturated heterocycles. The average molecular weight is 363 g/mol. The Balaban J connectivity index is 1.65. The summed E-state index contributed by atoms with van der Waals surface area (Å²) < 4.78 is 46.9.